The monoisotopic (exact) mass is 260 g/mol. The average molecular weight is 260 g/mol. The third kappa shape index (κ3) is 1.97. The minimum absolute atomic E-state index is 0.258. The summed E-state index contributed by atoms with van der Waals surface area (Å²) in [5.74, 6) is 0.286. The van der Waals surface area contributed by atoms with Gasteiger partial charge in [0.25, 0.3) is 15.9 Å². The van der Waals surface area contributed by atoms with Crippen LogP contribution in [-0.4, -0.2) is 43.0 Å². The summed E-state index contributed by atoms with van der Waals surface area (Å²) in [7, 11) is -3.38. The number of piperidine rings is 1. The van der Waals surface area contributed by atoms with Gasteiger partial charge in [0.05, 0.1) is 0 Å². The van der Waals surface area contributed by atoms with Gasteiger partial charge in [-0.3, -0.25) is 4.79 Å². The summed E-state index contributed by atoms with van der Waals surface area (Å²) in [6.45, 7) is 5.31. The quantitative estimate of drug-likeness (QED) is 0.794. The average Bonchev–Trinajstić information content (AvgIpc) is 2.29. The highest BCUT2D eigenvalue weighted by molar-refractivity contribution is 7.94. The first-order valence-electron chi connectivity index (χ1n) is 6.15. The number of nitrogens with zero attached hydrogens (tertiary/aromatic N) is 1. The highest BCUT2D eigenvalue weighted by Crippen LogP contribution is 2.35. The molecule has 2 saturated heterocycles. The Bertz CT molecular complexity index is 410. The van der Waals surface area contributed by atoms with E-state index >= 15 is 0 Å². The van der Waals surface area contributed by atoms with E-state index in [1.54, 1.807) is 0 Å². The lowest BCUT2D eigenvalue weighted by molar-refractivity contribution is -0.132. The third-order valence-electron chi connectivity index (χ3n) is 3.88. The van der Waals surface area contributed by atoms with Crippen LogP contribution in [0.4, 0.5) is 0 Å². The molecule has 0 spiro atoms. The van der Waals surface area contributed by atoms with Crippen molar-refractivity contribution in [3.8, 4) is 0 Å². The van der Waals surface area contributed by atoms with Gasteiger partial charge in [-0.1, -0.05) is 0 Å². The van der Waals surface area contributed by atoms with Gasteiger partial charge in [0.1, 0.15) is 0 Å². The lowest BCUT2D eigenvalue weighted by Gasteiger charge is -2.43. The Hall–Kier alpha value is -0.620. The summed E-state index contributed by atoms with van der Waals surface area (Å²) in [6, 6.07) is 0. The van der Waals surface area contributed by atoms with Crippen LogP contribution < -0.4 is 5.32 Å². The van der Waals surface area contributed by atoms with Crippen molar-refractivity contribution in [3.63, 3.8) is 0 Å². The molecule has 0 aliphatic carbocycles. The minimum atomic E-state index is -3.38. The number of sulfonamides is 1. The van der Waals surface area contributed by atoms with E-state index in [1.807, 2.05) is 0 Å². The van der Waals surface area contributed by atoms with Crippen LogP contribution in [0.3, 0.4) is 0 Å². The summed E-state index contributed by atoms with van der Waals surface area (Å²) >= 11 is 0. The fraction of sp³-hybridized carbons (Fsp3) is 0.909. The predicted octanol–water partition coefficient (Wildman–Crippen LogP) is 0.327. The number of carbonyl (C=O) groups excluding carboxylic acids is 1. The summed E-state index contributed by atoms with van der Waals surface area (Å²) in [4.78, 5) is 11.7. The van der Waals surface area contributed by atoms with E-state index in [0.717, 1.165) is 36.7 Å². The Balaban J connectivity index is 1.91. The Labute approximate surface area is 103 Å². The minimum Gasteiger partial charge on any atom is -0.317 e. The molecular formula is C11H20N2O3S. The van der Waals surface area contributed by atoms with Gasteiger partial charge in [-0.15, -0.1) is 0 Å². The van der Waals surface area contributed by atoms with E-state index in [2.05, 4.69) is 5.32 Å². The first-order valence-corrected chi connectivity index (χ1v) is 7.59. The van der Waals surface area contributed by atoms with E-state index in [-0.39, 0.29) is 5.91 Å². The van der Waals surface area contributed by atoms with Gasteiger partial charge in [0, 0.05) is 6.54 Å². The van der Waals surface area contributed by atoms with Crippen LogP contribution in [0.5, 0.6) is 0 Å². The fourth-order valence-corrected chi connectivity index (χ4v) is 3.99. The maximum atomic E-state index is 11.8. The van der Waals surface area contributed by atoms with Crippen molar-refractivity contribution in [3.05, 3.63) is 0 Å². The maximum Gasteiger partial charge on any atom is 0.258 e. The highest BCUT2D eigenvalue weighted by atomic mass is 32.2. The first-order chi connectivity index (χ1) is 7.87. The zero-order chi connectivity index (χ0) is 12.7. The Kier molecular flexibility index (Phi) is 3.20. The third-order valence-corrected chi connectivity index (χ3v) is 6.27. The van der Waals surface area contributed by atoms with Crippen molar-refractivity contribution < 1.29 is 13.2 Å². The Morgan fingerprint density at radius 3 is 2.47 bits per heavy atom. The van der Waals surface area contributed by atoms with E-state index in [9.17, 15) is 13.2 Å². The normalized spacial score (nSPS) is 27.9. The van der Waals surface area contributed by atoms with Crippen LogP contribution in [0.15, 0.2) is 0 Å². The smallest absolute Gasteiger partial charge is 0.258 e. The number of hydrogen-bond donors (Lipinski definition) is 1. The molecule has 0 bridgehead atoms. The molecule has 17 heavy (non-hydrogen) atoms. The van der Waals surface area contributed by atoms with Gasteiger partial charge in [0.15, 0.2) is 4.75 Å². The zero-order valence-corrected chi connectivity index (χ0v) is 11.2. The van der Waals surface area contributed by atoms with Crippen molar-refractivity contribution in [1.29, 1.82) is 0 Å². The van der Waals surface area contributed by atoms with Crippen molar-refractivity contribution in [2.75, 3.05) is 19.6 Å². The van der Waals surface area contributed by atoms with Gasteiger partial charge in [-0.2, -0.15) is 0 Å². The second-order valence-corrected chi connectivity index (χ2v) is 7.79. The molecule has 0 aromatic heterocycles. The molecule has 5 nitrogen and oxygen atoms in total. The van der Waals surface area contributed by atoms with Gasteiger partial charge < -0.3 is 5.32 Å². The number of nitrogens with one attached hydrogen (secondary N) is 1. The van der Waals surface area contributed by atoms with Gasteiger partial charge in [0.2, 0.25) is 0 Å². The molecule has 1 N–H and O–H groups in total. The Morgan fingerprint density at radius 1 is 1.35 bits per heavy atom. The van der Waals surface area contributed by atoms with Crippen LogP contribution in [0.1, 0.15) is 33.1 Å². The van der Waals surface area contributed by atoms with E-state index < -0.39 is 14.8 Å². The molecule has 6 heteroatoms. The first kappa shape index (κ1) is 12.8. The van der Waals surface area contributed by atoms with Crippen LogP contribution >= 0.6 is 0 Å². The molecule has 98 valence electrons. The second-order valence-electron chi connectivity index (χ2n) is 5.37. The summed E-state index contributed by atoms with van der Waals surface area (Å²) in [5, 5.41) is 3.27. The summed E-state index contributed by atoms with van der Waals surface area (Å²) in [6.07, 6.45) is 2.94. The largest absolute Gasteiger partial charge is 0.317 e. The van der Waals surface area contributed by atoms with Crippen molar-refractivity contribution in [2.45, 2.75) is 37.9 Å². The molecule has 0 radical (unpaired) electrons. The highest BCUT2D eigenvalue weighted by Gasteiger charge is 2.59. The SMILES string of the molecule is CC1(C)C(=O)N(CCC2CCNCC2)S1(=O)=O. The van der Waals surface area contributed by atoms with Crippen LogP contribution in [0.25, 0.3) is 0 Å². The summed E-state index contributed by atoms with van der Waals surface area (Å²) in [5.41, 5.74) is 0. The summed E-state index contributed by atoms with van der Waals surface area (Å²) < 4.78 is 23.5. The zero-order valence-electron chi connectivity index (χ0n) is 10.4. The lowest BCUT2D eigenvalue weighted by Crippen LogP contribution is -2.67. The predicted molar refractivity (Wildman–Crippen MR) is 64.9 cm³/mol. The Morgan fingerprint density at radius 2 is 1.94 bits per heavy atom. The van der Waals surface area contributed by atoms with E-state index in [0.29, 0.717) is 12.5 Å². The number of carbonyl (C=O) groups is 1. The number of hydrogen-bond acceptors (Lipinski definition) is 4. The molecule has 0 atom stereocenters. The molecule has 1 amide bonds. The molecule has 2 fully saturated rings. The van der Waals surface area contributed by atoms with Crippen molar-refractivity contribution >= 4 is 15.9 Å². The molecule has 2 aliphatic heterocycles. The molecule has 0 saturated carbocycles. The van der Waals surface area contributed by atoms with Gasteiger partial charge in [-0.25, -0.2) is 12.7 Å². The number of amides is 1. The van der Waals surface area contributed by atoms with Gasteiger partial charge in [-0.05, 0) is 52.1 Å². The fourth-order valence-electron chi connectivity index (χ4n) is 2.45. The van der Waals surface area contributed by atoms with E-state index in [4.69, 9.17) is 0 Å². The molecule has 0 aromatic rings. The molecular weight excluding hydrogens is 240 g/mol. The molecule has 0 aromatic carbocycles. The van der Waals surface area contributed by atoms with Crippen molar-refractivity contribution in [1.82, 2.24) is 9.62 Å². The standard InChI is InChI=1S/C11H20N2O3S/c1-11(2)10(14)13(17(11,15)16)8-5-9-3-6-12-7-4-9/h9,12H,3-8H2,1-2H3. The molecule has 0 unspecified atom stereocenters. The van der Waals surface area contributed by atoms with Gasteiger partial charge >= 0.3 is 0 Å². The topological polar surface area (TPSA) is 66.5 Å². The molecule has 2 heterocycles. The second kappa shape index (κ2) is 4.24. The van der Waals surface area contributed by atoms with Crippen LogP contribution in [0.2, 0.25) is 0 Å². The molecule has 2 aliphatic rings. The van der Waals surface area contributed by atoms with E-state index in [1.165, 1.54) is 13.8 Å². The lowest BCUT2D eigenvalue weighted by atomic mass is 9.94. The number of rotatable bonds is 3. The van der Waals surface area contributed by atoms with Crippen LogP contribution in [0, 0.1) is 5.92 Å². The maximum absolute atomic E-state index is 11.8. The van der Waals surface area contributed by atoms with Crippen molar-refractivity contribution in [2.24, 2.45) is 5.92 Å². The van der Waals surface area contributed by atoms with Crippen LogP contribution in [-0.2, 0) is 14.8 Å². The molecule has 2 rings (SSSR count).